The van der Waals surface area contributed by atoms with Crippen molar-refractivity contribution in [2.24, 2.45) is 0 Å². The van der Waals surface area contributed by atoms with Crippen LogP contribution >= 0.6 is 0 Å². The minimum Gasteiger partial charge on any atom is -0.377 e. The number of rotatable bonds is 6. The second kappa shape index (κ2) is 7.76. The van der Waals surface area contributed by atoms with Gasteiger partial charge in [-0.1, -0.05) is 42.0 Å². The molecule has 0 aliphatic carbocycles. The van der Waals surface area contributed by atoms with Gasteiger partial charge in [-0.05, 0) is 43.5 Å². The first-order chi connectivity index (χ1) is 10.6. The fraction of sp³-hybridized carbons (Fsp3) is 0.316. The molecular weight excluding hydrogens is 274 g/mol. The van der Waals surface area contributed by atoms with Gasteiger partial charge in [0.05, 0.1) is 6.61 Å². The van der Waals surface area contributed by atoms with E-state index < -0.39 is 0 Å². The van der Waals surface area contributed by atoms with E-state index in [1.54, 1.807) is 0 Å². The molecule has 0 radical (unpaired) electrons. The van der Waals surface area contributed by atoms with Gasteiger partial charge < -0.3 is 10.1 Å². The Labute approximate surface area is 132 Å². The highest BCUT2D eigenvalue weighted by Crippen LogP contribution is 2.11. The van der Waals surface area contributed by atoms with Crippen molar-refractivity contribution in [2.75, 3.05) is 6.61 Å². The summed E-state index contributed by atoms with van der Waals surface area (Å²) >= 11 is 0. The molecule has 3 nitrogen and oxygen atoms in total. The van der Waals surface area contributed by atoms with Crippen LogP contribution in [0.25, 0.3) is 0 Å². The van der Waals surface area contributed by atoms with Crippen molar-refractivity contribution in [3.05, 3.63) is 70.3 Å². The molecule has 0 aliphatic rings. The lowest BCUT2D eigenvalue weighted by molar-refractivity contribution is 0.0950. The highest BCUT2D eigenvalue weighted by molar-refractivity contribution is 5.95. The summed E-state index contributed by atoms with van der Waals surface area (Å²) in [6, 6.07) is 14.0. The molecule has 1 amide bonds. The maximum atomic E-state index is 12.3. The normalized spacial score (nSPS) is 10.5. The molecule has 0 unspecified atom stereocenters. The van der Waals surface area contributed by atoms with Gasteiger partial charge in [-0.2, -0.15) is 0 Å². The zero-order chi connectivity index (χ0) is 15.9. The fourth-order valence-corrected chi connectivity index (χ4v) is 2.23. The maximum absolute atomic E-state index is 12.3. The third-order valence-corrected chi connectivity index (χ3v) is 3.59. The number of carbonyl (C=O) groups is 1. The average Bonchev–Trinajstić information content (AvgIpc) is 2.54. The quantitative estimate of drug-likeness (QED) is 0.881. The van der Waals surface area contributed by atoms with Crippen LogP contribution in [0.4, 0.5) is 0 Å². The molecule has 0 bridgehead atoms. The molecule has 0 heterocycles. The van der Waals surface area contributed by atoms with Crippen molar-refractivity contribution >= 4 is 5.91 Å². The van der Waals surface area contributed by atoms with E-state index in [2.05, 4.69) is 5.32 Å². The number of aryl methyl sites for hydroxylation is 2. The van der Waals surface area contributed by atoms with Gasteiger partial charge in [0.2, 0.25) is 0 Å². The second-order valence-electron chi connectivity index (χ2n) is 5.45. The molecule has 0 saturated carbocycles. The zero-order valence-electron chi connectivity index (χ0n) is 13.5. The molecule has 0 aromatic heterocycles. The minimum absolute atomic E-state index is 0.0282. The summed E-state index contributed by atoms with van der Waals surface area (Å²) in [5, 5.41) is 2.98. The van der Waals surface area contributed by atoms with E-state index in [-0.39, 0.29) is 5.91 Å². The molecule has 1 N–H and O–H groups in total. The lowest BCUT2D eigenvalue weighted by Crippen LogP contribution is -2.23. The summed E-state index contributed by atoms with van der Waals surface area (Å²) in [6.07, 6.45) is 0. The van der Waals surface area contributed by atoms with Gasteiger partial charge in [0, 0.05) is 18.7 Å². The van der Waals surface area contributed by atoms with Crippen molar-refractivity contribution in [2.45, 2.75) is 33.9 Å². The SMILES string of the molecule is CCOCc1ccc(CNC(=O)c2cc(C)ccc2C)cc1. The Morgan fingerprint density at radius 2 is 1.73 bits per heavy atom. The molecule has 0 fully saturated rings. The number of ether oxygens (including phenoxy) is 1. The molecule has 3 heteroatoms. The number of hydrogen-bond donors (Lipinski definition) is 1. The molecule has 0 aliphatic heterocycles. The van der Waals surface area contributed by atoms with E-state index in [1.165, 1.54) is 0 Å². The van der Waals surface area contributed by atoms with E-state index in [9.17, 15) is 4.79 Å². The van der Waals surface area contributed by atoms with Crippen LogP contribution in [0.1, 0.15) is 39.5 Å². The van der Waals surface area contributed by atoms with E-state index in [0.717, 1.165) is 27.8 Å². The topological polar surface area (TPSA) is 38.3 Å². The molecule has 2 aromatic carbocycles. The Balaban J connectivity index is 1.94. The van der Waals surface area contributed by atoms with Crippen molar-refractivity contribution in [3.63, 3.8) is 0 Å². The van der Waals surface area contributed by atoms with Gasteiger partial charge in [-0.3, -0.25) is 4.79 Å². The summed E-state index contributed by atoms with van der Waals surface area (Å²) < 4.78 is 5.37. The molecule has 22 heavy (non-hydrogen) atoms. The third kappa shape index (κ3) is 4.43. The van der Waals surface area contributed by atoms with Crippen LogP contribution in [0.15, 0.2) is 42.5 Å². The third-order valence-electron chi connectivity index (χ3n) is 3.59. The summed E-state index contributed by atoms with van der Waals surface area (Å²) in [7, 11) is 0. The lowest BCUT2D eigenvalue weighted by Gasteiger charge is -2.09. The highest BCUT2D eigenvalue weighted by atomic mass is 16.5. The monoisotopic (exact) mass is 297 g/mol. The molecular formula is C19H23NO2. The summed E-state index contributed by atoms with van der Waals surface area (Å²) in [5.74, 6) is -0.0282. The average molecular weight is 297 g/mol. The summed E-state index contributed by atoms with van der Waals surface area (Å²) in [4.78, 5) is 12.3. The van der Waals surface area contributed by atoms with Crippen molar-refractivity contribution in [1.82, 2.24) is 5.32 Å². The van der Waals surface area contributed by atoms with E-state index in [4.69, 9.17) is 4.74 Å². The molecule has 2 rings (SSSR count). The highest BCUT2D eigenvalue weighted by Gasteiger charge is 2.08. The molecule has 0 saturated heterocycles. The van der Waals surface area contributed by atoms with Crippen molar-refractivity contribution in [3.8, 4) is 0 Å². The Morgan fingerprint density at radius 3 is 2.41 bits per heavy atom. The summed E-state index contributed by atoms with van der Waals surface area (Å²) in [6.45, 7) is 7.81. The molecule has 2 aromatic rings. The van der Waals surface area contributed by atoms with Crippen molar-refractivity contribution in [1.29, 1.82) is 0 Å². The standard InChI is InChI=1S/C19H23NO2/c1-4-22-13-17-9-7-16(8-10-17)12-20-19(21)18-11-14(2)5-6-15(18)3/h5-11H,4,12-13H2,1-3H3,(H,20,21). The predicted molar refractivity (Wildman–Crippen MR) is 88.9 cm³/mol. The largest absolute Gasteiger partial charge is 0.377 e. The molecule has 116 valence electrons. The van der Waals surface area contributed by atoms with Gasteiger partial charge in [0.1, 0.15) is 0 Å². The van der Waals surface area contributed by atoms with Crippen LogP contribution in [-0.4, -0.2) is 12.5 Å². The maximum Gasteiger partial charge on any atom is 0.251 e. The van der Waals surface area contributed by atoms with Gasteiger partial charge in [-0.25, -0.2) is 0 Å². The first-order valence-electron chi connectivity index (χ1n) is 7.61. The molecule has 0 spiro atoms. The smallest absolute Gasteiger partial charge is 0.251 e. The fourth-order valence-electron chi connectivity index (χ4n) is 2.23. The molecule has 0 atom stereocenters. The second-order valence-corrected chi connectivity index (χ2v) is 5.45. The number of nitrogens with one attached hydrogen (secondary N) is 1. The Kier molecular flexibility index (Phi) is 5.73. The van der Waals surface area contributed by atoms with E-state index in [0.29, 0.717) is 19.8 Å². The summed E-state index contributed by atoms with van der Waals surface area (Å²) in [5.41, 5.74) is 5.06. The predicted octanol–water partition coefficient (Wildman–Crippen LogP) is 3.77. The Morgan fingerprint density at radius 1 is 1.05 bits per heavy atom. The number of amides is 1. The lowest BCUT2D eigenvalue weighted by atomic mass is 10.0. The van der Waals surface area contributed by atoms with Crippen LogP contribution in [0.2, 0.25) is 0 Å². The van der Waals surface area contributed by atoms with Crippen LogP contribution in [0.5, 0.6) is 0 Å². The first-order valence-corrected chi connectivity index (χ1v) is 7.61. The Hall–Kier alpha value is -2.13. The number of benzene rings is 2. The van der Waals surface area contributed by atoms with Crippen LogP contribution in [0.3, 0.4) is 0 Å². The van der Waals surface area contributed by atoms with Gasteiger partial charge in [0.25, 0.3) is 5.91 Å². The van der Waals surface area contributed by atoms with Crippen LogP contribution in [-0.2, 0) is 17.9 Å². The minimum atomic E-state index is -0.0282. The first kappa shape index (κ1) is 16.2. The van der Waals surface area contributed by atoms with Crippen LogP contribution in [0, 0.1) is 13.8 Å². The van der Waals surface area contributed by atoms with Gasteiger partial charge in [0.15, 0.2) is 0 Å². The van der Waals surface area contributed by atoms with Crippen molar-refractivity contribution < 1.29 is 9.53 Å². The van der Waals surface area contributed by atoms with Gasteiger partial charge in [-0.15, -0.1) is 0 Å². The zero-order valence-corrected chi connectivity index (χ0v) is 13.5. The number of carbonyl (C=O) groups excluding carboxylic acids is 1. The van der Waals surface area contributed by atoms with E-state index in [1.807, 2.05) is 63.2 Å². The number of hydrogen-bond acceptors (Lipinski definition) is 2. The van der Waals surface area contributed by atoms with E-state index >= 15 is 0 Å². The Bertz CT molecular complexity index is 632. The van der Waals surface area contributed by atoms with Gasteiger partial charge >= 0.3 is 0 Å². The van der Waals surface area contributed by atoms with Crippen LogP contribution < -0.4 is 5.32 Å².